The molecule has 2 aromatic heterocycles. The molecule has 2 aromatic rings. The van der Waals surface area contributed by atoms with Crippen molar-refractivity contribution in [1.29, 1.82) is 0 Å². The van der Waals surface area contributed by atoms with Gasteiger partial charge >= 0.3 is 0 Å². The van der Waals surface area contributed by atoms with Gasteiger partial charge in [-0.3, -0.25) is 4.57 Å². The van der Waals surface area contributed by atoms with Gasteiger partial charge in [-0.1, -0.05) is 0 Å². The summed E-state index contributed by atoms with van der Waals surface area (Å²) in [5.41, 5.74) is 0. The van der Waals surface area contributed by atoms with Crippen molar-refractivity contribution in [2.24, 2.45) is 0 Å². The number of sulfone groups is 1. The van der Waals surface area contributed by atoms with E-state index < -0.39 is 9.84 Å². The first kappa shape index (κ1) is 14.2. The summed E-state index contributed by atoms with van der Waals surface area (Å²) in [7, 11) is -2.89. The molecule has 3 heterocycles. The molecule has 0 aromatic carbocycles. The van der Waals surface area contributed by atoms with Gasteiger partial charge in [-0.2, -0.15) is 15.0 Å². The van der Waals surface area contributed by atoms with Crippen LogP contribution in [0.3, 0.4) is 0 Å². The van der Waals surface area contributed by atoms with E-state index in [1.165, 1.54) is 0 Å². The van der Waals surface area contributed by atoms with Crippen LogP contribution in [0, 0.1) is 0 Å². The van der Waals surface area contributed by atoms with E-state index in [4.69, 9.17) is 11.6 Å². The van der Waals surface area contributed by atoms with Crippen molar-refractivity contribution in [2.75, 3.05) is 16.8 Å². The first-order valence-electron chi connectivity index (χ1n) is 6.39. The van der Waals surface area contributed by atoms with Crippen molar-refractivity contribution < 1.29 is 8.42 Å². The third-order valence-corrected chi connectivity index (χ3v) is 5.10. The summed E-state index contributed by atoms with van der Waals surface area (Å²) < 4.78 is 24.4. The summed E-state index contributed by atoms with van der Waals surface area (Å²) in [6.07, 6.45) is 5.93. The topological polar surface area (TPSA) is 103 Å². The summed E-state index contributed by atoms with van der Waals surface area (Å²) in [6.45, 7) is 0. The highest BCUT2D eigenvalue weighted by Gasteiger charge is 2.24. The summed E-state index contributed by atoms with van der Waals surface area (Å²) in [6, 6.07) is 0.0163. The lowest BCUT2D eigenvalue weighted by molar-refractivity contribution is 0.558. The Morgan fingerprint density at radius 2 is 2.00 bits per heavy atom. The van der Waals surface area contributed by atoms with Crippen LogP contribution in [0.15, 0.2) is 18.7 Å². The lowest BCUT2D eigenvalue weighted by atomic mass is 10.2. The lowest BCUT2D eigenvalue weighted by Crippen LogP contribution is -2.32. The molecule has 0 aliphatic carbocycles. The second-order valence-electron chi connectivity index (χ2n) is 4.77. The first-order chi connectivity index (χ1) is 10.0. The highest BCUT2D eigenvalue weighted by atomic mass is 35.5. The van der Waals surface area contributed by atoms with Crippen LogP contribution in [0.25, 0.3) is 5.95 Å². The Bertz CT molecular complexity index is 719. The summed E-state index contributed by atoms with van der Waals surface area (Å²) in [4.78, 5) is 16.2. The van der Waals surface area contributed by atoms with Crippen molar-refractivity contribution in [2.45, 2.75) is 18.9 Å². The molecule has 0 amide bonds. The van der Waals surface area contributed by atoms with Crippen LogP contribution in [0.4, 0.5) is 5.95 Å². The Hall–Kier alpha value is -1.74. The monoisotopic (exact) mass is 328 g/mol. The van der Waals surface area contributed by atoms with Crippen molar-refractivity contribution in [3.05, 3.63) is 24.0 Å². The number of imidazole rings is 1. The van der Waals surface area contributed by atoms with Crippen LogP contribution in [-0.4, -0.2) is 50.5 Å². The zero-order valence-electron chi connectivity index (χ0n) is 11.0. The minimum atomic E-state index is -2.89. The fourth-order valence-corrected chi connectivity index (χ4v) is 3.76. The van der Waals surface area contributed by atoms with Crippen LogP contribution in [0.2, 0.25) is 5.28 Å². The number of hydrogen-bond acceptors (Lipinski definition) is 7. The van der Waals surface area contributed by atoms with Gasteiger partial charge in [-0.15, -0.1) is 0 Å². The molecule has 112 valence electrons. The highest BCUT2D eigenvalue weighted by molar-refractivity contribution is 7.91. The van der Waals surface area contributed by atoms with Gasteiger partial charge < -0.3 is 5.32 Å². The number of hydrogen-bond donors (Lipinski definition) is 1. The molecule has 0 radical (unpaired) electrons. The molecule has 0 saturated carbocycles. The van der Waals surface area contributed by atoms with Crippen molar-refractivity contribution in [3.8, 4) is 5.95 Å². The van der Waals surface area contributed by atoms with Gasteiger partial charge in [-0.05, 0) is 24.4 Å². The number of halogens is 1. The maximum atomic E-state index is 11.4. The summed E-state index contributed by atoms with van der Waals surface area (Å²) in [5.74, 6) is 1.05. The van der Waals surface area contributed by atoms with E-state index in [0.717, 1.165) is 0 Å². The number of rotatable bonds is 3. The molecule has 0 unspecified atom stereocenters. The number of nitrogens with zero attached hydrogens (tertiary/aromatic N) is 5. The van der Waals surface area contributed by atoms with Gasteiger partial charge in [0.1, 0.15) is 16.2 Å². The van der Waals surface area contributed by atoms with Gasteiger partial charge in [0, 0.05) is 18.4 Å². The standard InChI is InChI=1S/C11H13ClN6O2S/c12-9-15-10(14-8-1-5-21(19,20)6-2-8)17-11(16-9)18-4-3-13-7-18/h3-4,7-8H,1-2,5-6H2,(H,14,15,16,17). The number of anilines is 1. The van der Waals surface area contributed by atoms with E-state index in [-0.39, 0.29) is 22.8 Å². The summed E-state index contributed by atoms with van der Waals surface area (Å²) in [5, 5.41) is 3.19. The molecule has 1 aliphatic heterocycles. The molecular formula is C11H13ClN6O2S. The van der Waals surface area contributed by atoms with Gasteiger partial charge in [0.05, 0.1) is 11.5 Å². The van der Waals surface area contributed by atoms with Crippen molar-refractivity contribution in [3.63, 3.8) is 0 Å². The van der Waals surface area contributed by atoms with E-state index in [9.17, 15) is 8.42 Å². The van der Waals surface area contributed by atoms with E-state index in [1.54, 1.807) is 23.3 Å². The molecule has 10 heteroatoms. The Kier molecular flexibility index (Phi) is 3.77. The van der Waals surface area contributed by atoms with E-state index in [0.29, 0.717) is 24.7 Å². The Labute approximate surface area is 126 Å². The third-order valence-electron chi connectivity index (χ3n) is 3.22. The number of aromatic nitrogens is 5. The predicted octanol–water partition coefficient (Wildman–Crippen LogP) is 0.700. The van der Waals surface area contributed by atoms with Gasteiger partial charge in [0.15, 0.2) is 0 Å². The van der Waals surface area contributed by atoms with Gasteiger partial charge in [-0.25, -0.2) is 13.4 Å². The molecule has 1 N–H and O–H groups in total. The smallest absolute Gasteiger partial charge is 0.241 e. The molecule has 1 saturated heterocycles. The minimum Gasteiger partial charge on any atom is -0.351 e. The maximum absolute atomic E-state index is 11.4. The molecule has 8 nitrogen and oxygen atoms in total. The maximum Gasteiger partial charge on any atom is 0.241 e. The molecule has 0 bridgehead atoms. The van der Waals surface area contributed by atoms with Crippen molar-refractivity contribution in [1.82, 2.24) is 24.5 Å². The fraction of sp³-hybridized carbons (Fsp3) is 0.455. The average molecular weight is 329 g/mol. The second kappa shape index (κ2) is 5.57. The normalized spacial score (nSPS) is 18.5. The van der Waals surface area contributed by atoms with Crippen LogP contribution >= 0.6 is 11.6 Å². The molecule has 3 rings (SSSR count). The van der Waals surface area contributed by atoms with Crippen molar-refractivity contribution >= 4 is 27.4 Å². The molecule has 0 spiro atoms. The lowest BCUT2D eigenvalue weighted by Gasteiger charge is -2.23. The van der Waals surface area contributed by atoms with Crippen LogP contribution in [0.5, 0.6) is 0 Å². The highest BCUT2D eigenvalue weighted by Crippen LogP contribution is 2.17. The van der Waals surface area contributed by atoms with Crippen LogP contribution in [-0.2, 0) is 9.84 Å². The predicted molar refractivity (Wildman–Crippen MR) is 77.3 cm³/mol. The number of nitrogens with one attached hydrogen (secondary N) is 1. The van der Waals surface area contributed by atoms with Crippen LogP contribution < -0.4 is 5.32 Å². The van der Waals surface area contributed by atoms with E-state index in [1.807, 2.05) is 0 Å². The van der Waals surface area contributed by atoms with Gasteiger partial charge in [0.25, 0.3) is 0 Å². The average Bonchev–Trinajstić information content (AvgIpc) is 2.95. The van der Waals surface area contributed by atoms with Gasteiger partial charge in [0.2, 0.25) is 17.2 Å². The second-order valence-corrected chi connectivity index (χ2v) is 7.41. The quantitative estimate of drug-likeness (QED) is 0.884. The largest absolute Gasteiger partial charge is 0.351 e. The SMILES string of the molecule is O=S1(=O)CCC(Nc2nc(Cl)nc(-n3ccnc3)n2)CC1. The zero-order chi connectivity index (χ0) is 14.9. The Morgan fingerprint density at radius 1 is 1.24 bits per heavy atom. The fourth-order valence-electron chi connectivity index (χ4n) is 2.11. The molecule has 21 heavy (non-hydrogen) atoms. The Morgan fingerprint density at radius 3 is 2.67 bits per heavy atom. The first-order valence-corrected chi connectivity index (χ1v) is 8.59. The molecule has 1 aliphatic rings. The molecular weight excluding hydrogens is 316 g/mol. The molecule has 0 atom stereocenters. The zero-order valence-corrected chi connectivity index (χ0v) is 12.5. The van der Waals surface area contributed by atoms with Crippen LogP contribution in [0.1, 0.15) is 12.8 Å². The van der Waals surface area contributed by atoms with E-state index in [2.05, 4.69) is 25.3 Å². The third kappa shape index (κ3) is 3.48. The Balaban J connectivity index is 1.77. The summed E-state index contributed by atoms with van der Waals surface area (Å²) >= 11 is 5.90. The minimum absolute atomic E-state index is 0.0163. The van der Waals surface area contributed by atoms with E-state index >= 15 is 0 Å². The molecule has 1 fully saturated rings.